The summed E-state index contributed by atoms with van der Waals surface area (Å²) < 4.78 is 45.9. The quantitative estimate of drug-likeness (QED) is 0.527. The maximum atomic E-state index is 13.5. The van der Waals surface area contributed by atoms with Crippen LogP contribution in [0.1, 0.15) is 42.4 Å². The number of benzene rings is 1. The Hall–Kier alpha value is -3.25. The van der Waals surface area contributed by atoms with Gasteiger partial charge in [0, 0.05) is 24.2 Å². The summed E-state index contributed by atoms with van der Waals surface area (Å²) in [6, 6.07) is 9.86. The molecule has 0 unspecified atom stereocenters. The molecule has 0 aliphatic carbocycles. The van der Waals surface area contributed by atoms with Gasteiger partial charge < -0.3 is 20.1 Å². The molecule has 0 bridgehead atoms. The first-order valence-electron chi connectivity index (χ1n) is 11.1. The van der Waals surface area contributed by atoms with E-state index in [1.54, 1.807) is 51.1 Å². The van der Waals surface area contributed by atoms with Crippen molar-refractivity contribution in [3.63, 3.8) is 0 Å². The van der Waals surface area contributed by atoms with Crippen molar-refractivity contribution in [2.45, 2.75) is 38.1 Å². The molecule has 3 N–H and O–H groups in total. The minimum atomic E-state index is -4.65. The molecule has 0 spiro atoms. The molecule has 1 aromatic carbocycles. The van der Waals surface area contributed by atoms with E-state index in [-0.39, 0.29) is 23.9 Å². The van der Waals surface area contributed by atoms with Crippen molar-refractivity contribution in [1.29, 1.82) is 0 Å². The van der Waals surface area contributed by atoms with Gasteiger partial charge >= 0.3 is 12.3 Å². The summed E-state index contributed by atoms with van der Waals surface area (Å²) in [6.07, 6.45) is -4.37. The number of hydrogen-bond donors (Lipinski definition) is 3. The number of hydrogen-bond acceptors (Lipinski definition) is 6. The van der Waals surface area contributed by atoms with Crippen LogP contribution in [-0.2, 0) is 16.5 Å². The predicted octanol–water partition coefficient (Wildman–Crippen LogP) is 3.46. The zero-order valence-electron chi connectivity index (χ0n) is 19.9. The molecule has 1 saturated heterocycles. The number of amides is 2. The number of thiocarbonyl (C=S) groups is 1. The Balaban J connectivity index is 1.99. The predicted molar refractivity (Wildman–Crippen MR) is 129 cm³/mol. The fourth-order valence-corrected chi connectivity index (χ4v) is 4.22. The van der Waals surface area contributed by atoms with Gasteiger partial charge in [-0.15, -0.1) is 0 Å². The molecule has 8 nitrogen and oxygen atoms in total. The monoisotopic (exact) mass is 524 g/mol. The minimum absolute atomic E-state index is 0.0500. The largest absolute Gasteiger partial charge is 0.444 e. The lowest BCUT2D eigenvalue weighted by atomic mass is 9.83. The van der Waals surface area contributed by atoms with Crippen molar-refractivity contribution in [2.75, 3.05) is 19.7 Å². The maximum Gasteiger partial charge on any atom is 0.416 e. The van der Waals surface area contributed by atoms with Crippen LogP contribution in [0, 0.1) is 5.92 Å². The van der Waals surface area contributed by atoms with Gasteiger partial charge in [0.1, 0.15) is 11.1 Å². The highest BCUT2D eigenvalue weighted by Gasteiger charge is 2.52. The molecule has 194 valence electrons. The molecule has 1 fully saturated rings. The van der Waals surface area contributed by atoms with E-state index in [9.17, 15) is 27.9 Å². The van der Waals surface area contributed by atoms with Crippen LogP contribution in [-0.4, -0.2) is 57.4 Å². The Kier molecular flexibility index (Phi) is 7.89. The molecular weight excluding hydrogens is 497 g/mol. The molecule has 1 aliphatic rings. The second-order valence-electron chi connectivity index (χ2n) is 9.41. The number of carbonyl (C=O) groups is 2. The van der Waals surface area contributed by atoms with Gasteiger partial charge in [0.15, 0.2) is 5.11 Å². The van der Waals surface area contributed by atoms with Gasteiger partial charge in [-0.1, -0.05) is 18.2 Å². The third-order valence-electron chi connectivity index (χ3n) is 5.59. The average molecular weight is 525 g/mol. The first kappa shape index (κ1) is 27.3. The van der Waals surface area contributed by atoms with Gasteiger partial charge in [0.25, 0.3) is 5.91 Å². The van der Waals surface area contributed by atoms with Crippen molar-refractivity contribution in [3.05, 3.63) is 65.5 Å². The van der Waals surface area contributed by atoms with E-state index in [0.29, 0.717) is 5.56 Å². The zero-order valence-corrected chi connectivity index (χ0v) is 20.7. The summed E-state index contributed by atoms with van der Waals surface area (Å²) in [5, 5.41) is 15.4. The van der Waals surface area contributed by atoms with E-state index >= 15 is 0 Å². The van der Waals surface area contributed by atoms with E-state index in [2.05, 4.69) is 15.6 Å². The highest BCUT2D eigenvalue weighted by atomic mass is 32.1. The number of pyridine rings is 1. The number of aromatic nitrogens is 1. The third kappa shape index (κ3) is 6.30. The van der Waals surface area contributed by atoms with Crippen LogP contribution in [0.25, 0.3) is 0 Å². The van der Waals surface area contributed by atoms with E-state index in [0.717, 1.165) is 18.3 Å². The minimum Gasteiger partial charge on any atom is -0.444 e. The van der Waals surface area contributed by atoms with Gasteiger partial charge in [-0.3, -0.25) is 15.1 Å². The summed E-state index contributed by atoms with van der Waals surface area (Å²) in [6.45, 7) is 4.25. The second-order valence-corrected chi connectivity index (χ2v) is 9.82. The first-order chi connectivity index (χ1) is 16.7. The second kappa shape index (κ2) is 10.4. The fraction of sp³-hybridized carbons (Fsp3) is 0.417. The number of aliphatic hydroxyl groups is 1. The molecule has 36 heavy (non-hydrogen) atoms. The summed E-state index contributed by atoms with van der Waals surface area (Å²) in [5.74, 6) is -1.37. The average Bonchev–Trinajstić information content (AvgIpc) is 3.17. The van der Waals surface area contributed by atoms with E-state index in [4.69, 9.17) is 17.0 Å². The van der Waals surface area contributed by atoms with Crippen LogP contribution in [0.5, 0.6) is 0 Å². The van der Waals surface area contributed by atoms with Crippen molar-refractivity contribution in [2.24, 2.45) is 5.92 Å². The van der Waals surface area contributed by atoms with Crippen LogP contribution in [0.4, 0.5) is 18.0 Å². The van der Waals surface area contributed by atoms with E-state index in [1.165, 1.54) is 4.90 Å². The van der Waals surface area contributed by atoms with Crippen molar-refractivity contribution in [3.8, 4) is 0 Å². The molecule has 3 rings (SSSR count). The molecule has 0 saturated carbocycles. The van der Waals surface area contributed by atoms with E-state index < -0.39 is 47.4 Å². The van der Waals surface area contributed by atoms with Crippen LogP contribution in [0.15, 0.2) is 48.7 Å². The number of carbonyl (C=O) groups excluding carboxylic acids is 2. The standard InChI is InChI=1S/C24H27F3N4O4S/c1-22(2,3)35-21(34)31-12-17(13-32)23(14-31,18-11-16(9-10-28-18)24(25,26)27)30-20(36)29-19(33)15-7-5-4-6-8-15/h4-11,17,32H,12-14H2,1-3H3,(H2,29,30,33,36)/t17-,23-/m0/s1. The van der Waals surface area contributed by atoms with Gasteiger partial charge in [0.05, 0.1) is 24.4 Å². The number of likely N-dealkylation sites (tertiary alicyclic amines) is 1. The lowest BCUT2D eigenvalue weighted by molar-refractivity contribution is -0.137. The zero-order chi connectivity index (χ0) is 26.7. The van der Waals surface area contributed by atoms with Gasteiger partial charge in [-0.25, -0.2) is 4.79 Å². The molecule has 1 aliphatic heterocycles. The van der Waals surface area contributed by atoms with Crippen molar-refractivity contribution in [1.82, 2.24) is 20.5 Å². The van der Waals surface area contributed by atoms with Crippen LogP contribution >= 0.6 is 12.2 Å². The van der Waals surface area contributed by atoms with Crippen LogP contribution < -0.4 is 10.6 Å². The molecule has 2 amide bonds. The lowest BCUT2D eigenvalue weighted by Gasteiger charge is -2.35. The van der Waals surface area contributed by atoms with Crippen molar-refractivity contribution < 1.29 is 32.6 Å². The topological polar surface area (TPSA) is 104 Å². The van der Waals surface area contributed by atoms with Gasteiger partial charge in [0.2, 0.25) is 0 Å². The number of nitrogens with one attached hydrogen (secondary N) is 2. The molecule has 2 aromatic rings. The Labute approximate surface area is 211 Å². The van der Waals surface area contributed by atoms with Crippen molar-refractivity contribution >= 4 is 29.3 Å². The fourth-order valence-electron chi connectivity index (χ4n) is 3.94. The van der Waals surface area contributed by atoms with Crippen LogP contribution in [0.2, 0.25) is 0 Å². The Morgan fingerprint density at radius 1 is 1.22 bits per heavy atom. The summed E-state index contributed by atoms with van der Waals surface area (Å²) in [5.41, 5.74) is -3.11. The molecule has 1 aromatic heterocycles. The van der Waals surface area contributed by atoms with Gasteiger partial charge in [-0.2, -0.15) is 13.2 Å². The number of nitrogens with zero attached hydrogens (tertiary/aromatic N) is 2. The normalized spacial score (nSPS) is 20.1. The highest BCUT2D eigenvalue weighted by Crippen LogP contribution is 2.39. The Morgan fingerprint density at radius 3 is 2.47 bits per heavy atom. The van der Waals surface area contributed by atoms with E-state index in [1.807, 2.05) is 0 Å². The smallest absolute Gasteiger partial charge is 0.416 e. The third-order valence-corrected chi connectivity index (χ3v) is 5.80. The molecule has 2 heterocycles. The summed E-state index contributed by atoms with van der Waals surface area (Å²) in [7, 11) is 0. The Morgan fingerprint density at radius 2 is 1.89 bits per heavy atom. The maximum absolute atomic E-state index is 13.5. The number of rotatable bonds is 4. The molecule has 2 atom stereocenters. The first-order valence-corrected chi connectivity index (χ1v) is 11.5. The lowest BCUT2D eigenvalue weighted by Crippen LogP contribution is -2.56. The summed E-state index contributed by atoms with van der Waals surface area (Å²) in [4.78, 5) is 30.8. The molecule has 0 radical (unpaired) electrons. The highest BCUT2D eigenvalue weighted by molar-refractivity contribution is 7.80. The number of alkyl halides is 3. The SMILES string of the molecule is CC(C)(C)OC(=O)N1C[C@@H](CO)[C@](NC(=S)NC(=O)c2ccccc2)(c2cc(C(F)(F)F)ccn2)C1. The Bertz CT molecular complexity index is 1120. The summed E-state index contributed by atoms with van der Waals surface area (Å²) >= 11 is 5.33. The number of aliphatic hydroxyl groups excluding tert-OH is 1. The molecular formula is C24H27F3N4O4S. The van der Waals surface area contributed by atoms with Crippen LogP contribution in [0.3, 0.4) is 0 Å². The number of ether oxygens (including phenoxy) is 1. The van der Waals surface area contributed by atoms with Gasteiger partial charge in [-0.05, 0) is 57.3 Å². The molecule has 12 heteroatoms. The number of halogens is 3.